The third-order valence-corrected chi connectivity index (χ3v) is 3.62. The van der Waals surface area contributed by atoms with Crippen molar-refractivity contribution in [2.75, 3.05) is 5.32 Å². The van der Waals surface area contributed by atoms with Crippen molar-refractivity contribution in [2.45, 2.75) is 0 Å². The Morgan fingerprint density at radius 1 is 1.10 bits per heavy atom. The molecule has 0 saturated carbocycles. The van der Waals surface area contributed by atoms with Gasteiger partial charge in [0.2, 0.25) is 0 Å². The fourth-order valence-corrected chi connectivity index (χ4v) is 2.20. The highest BCUT2D eigenvalue weighted by Crippen LogP contribution is 2.27. The maximum Gasteiger partial charge on any atom is 0.255 e. The maximum absolute atomic E-state index is 13.3. The molecule has 2 aromatic rings. The van der Waals surface area contributed by atoms with Crippen LogP contribution in [0.1, 0.15) is 10.4 Å². The molecule has 104 valence electrons. The first kappa shape index (κ1) is 15.2. The van der Waals surface area contributed by atoms with Gasteiger partial charge in [0.1, 0.15) is 5.82 Å². The van der Waals surface area contributed by atoms with Crippen LogP contribution in [0.5, 0.6) is 0 Å². The van der Waals surface area contributed by atoms with E-state index in [1.165, 1.54) is 24.3 Å². The van der Waals surface area contributed by atoms with Gasteiger partial charge in [-0.1, -0.05) is 23.2 Å². The molecule has 0 radical (unpaired) electrons. The third-order valence-electron chi connectivity index (χ3n) is 2.42. The van der Waals surface area contributed by atoms with Crippen LogP contribution >= 0.6 is 39.1 Å². The Morgan fingerprint density at radius 2 is 1.70 bits per heavy atom. The number of halogens is 5. The van der Waals surface area contributed by atoms with Gasteiger partial charge < -0.3 is 5.32 Å². The molecule has 1 N–H and O–H groups in total. The summed E-state index contributed by atoms with van der Waals surface area (Å²) in [5.74, 6) is -1.89. The summed E-state index contributed by atoms with van der Waals surface area (Å²) in [4.78, 5) is 11.9. The first-order chi connectivity index (χ1) is 9.38. The quantitative estimate of drug-likeness (QED) is 0.705. The third kappa shape index (κ3) is 3.29. The van der Waals surface area contributed by atoms with Gasteiger partial charge in [0.25, 0.3) is 5.91 Å². The van der Waals surface area contributed by atoms with Crippen molar-refractivity contribution in [3.05, 3.63) is 62.0 Å². The molecule has 0 aliphatic carbocycles. The van der Waals surface area contributed by atoms with Gasteiger partial charge in [-0.3, -0.25) is 4.79 Å². The van der Waals surface area contributed by atoms with Gasteiger partial charge in [-0.15, -0.1) is 0 Å². The van der Waals surface area contributed by atoms with Crippen LogP contribution in [0.2, 0.25) is 10.0 Å². The Kier molecular flexibility index (Phi) is 4.62. The summed E-state index contributed by atoms with van der Waals surface area (Å²) in [6.07, 6.45) is 0. The lowest BCUT2D eigenvalue weighted by atomic mass is 10.2. The first-order valence-electron chi connectivity index (χ1n) is 5.29. The molecule has 2 nitrogen and oxygen atoms in total. The number of carbonyl (C=O) groups is 1. The molecule has 1 amide bonds. The lowest BCUT2D eigenvalue weighted by molar-refractivity contribution is 0.102. The zero-order valence-electron chi connectivity index (χ0n) is 9.68. The number of amides is 1. The molecule has 7 heteroatoms. The van der Waals surface area contributed by atoms with Crippen LogP contribution in [0, 0.1) is 11.6 Å². The van der Waals surface area contributed by atoms with E-state index < -0.39 is 17.5 Å². The zero-order chi connectivity index (χ0) is 14.9. The van der Waals surface area contributed by atoms with Crippen molar-refractivity contribution in [2.24, 2.45) is 0 Å². The van der Waals surface area contributed by atoms with Crippen LogP contribution in [0.4, 0.5) is 14.5 Å². The van der Waals surface area contributed by atoms with E-state index in [4.69, 9.17) is 23.2 Å². The Hall–Kier alpha value is -1.17. The fraction of sp³-hybridized carbons (Fsp3) is 0. The van der Waals surface area contributed by atoms with Crippen LogP contribution < -0.4 is 5.32 Å². The van der Waals surface area contributed by atoms with Gasteiger partial charge in [0.15, 0.2) is 5.82 Å². The predicted octanol–water partition coefficient (Wildman–Crippen LogP) is 5.29. The highest BCUT2D eigenvalue weighted by molar-refractivity contribution is 9.10. The number of rotatable bonds is 2. The molecule has 0 aliphatic heterocycles. The van der Waals surface area contributed by atoms with Crippen molar-refractivity contribution in [3.63, 3.8) is 0 Å². The summed E-state index contributed by atoms with van der Waals surface area (Å²) >= 11 is 14.2. The van der Waals surface area contributed by atoms with Crippen molar-refractivity contribution in [1.82, 2.24) is 0 Å². The van der Waals surface area contributed by atoms with Crippen molar-refractivity contribution < 1.29 is 13.6 Å². The zero-order valence-corrected chi connectivity index (χ0v) is 12.8. The predicted molar refractivity (Wildman–Crippen MR) is 78.5 cm³/mol. The Labute approximate surface area is 131 Å². The summed E-state index contributed by atoms with van der Waals surface area (Å²) in [6, 6.07) is 6.36. The molecule has 0 unspecified atom stereocenters. The number of hydrogen-bond donors (Lipinski definition) is 1. The highest BCUT2D eigenvalue weighted by Gasteiger charge is 2.12. The number of benzene rings is 2. The molecular formula is C13H6BrCl2F2NO. The molecule has 0 aliphatic rings. The van der Waals surface area contributed by atoms with Gasteiger partial charge in [0, 0.05) is 11.3 Å². The fourth-order valence-electron chi connectivity index (χ4n) is 1.47. The van der Waals surface area contributed by atoms with E-state index in [2.05, 4.69) is 21.2 Å². The average molecular weight is 381 g/mol. The summed E-state index contributed by atoms with van der Waals surface area (Å²) < 4.78 is 26.8. The smallest absolute Gasteiger partial charge is 0.255 e. The van der Waals surface area contributed by atoms with E-state index >= 15 is 0 Å². The number of hydrogen-bond acceptors (Lipinski definition) is 1. The molecule has 0 saturated heterocycles. The van der Waals surface area contributed by atoms with Gasteiger partial charge in [0.05, 0.1) is 14.5 Å². The van der Waals surface area contributed by atoms with Crippen molar-refractivity contribution in [3.8, 4) is 0 Å². The molecule has 20 heavy (non-hydrogen) atoms. The summed E-state index contributed by atoms with van der Waals surface area (Å²) in [5.41, 5.74) is 0.331. The highest BCUT2D eigenvalue weighted by atomic mass is 79.9. The van der Waals surface area contributed by atoms with E-state index in [0.29, 0.717) is 0 Å². The van der Waals surface area contributed by atoms with Crippen molar-refractivity contribution in [1.29, 1.82) is 0 Å². The SMILES string of the molecule is O=C(Nc1cc(Cl)c(F)c(Cl)c1)c1ccc(Br)c(F)c1. The van der Waals surface area contributed by atoms with Crippen LogP contribution in [0.3, 0.4) is 0 Å². The summed E-state index contributed by atoms with van der Waals surface area (Å²) in [6.45, 7) is 0. The van der Waals surface area contributed by atoms with Crippen LogP contribution in [0.25, 0.3) is 0 Å². The average Bonchev–Trinajstić information content (AvgIpc) is 2.39. The van der Waals surface area contributed by atoms with E-state index in [1.807, 2.05) is 0 Å². The van der Waals surface area contributed by atoms with E-state index in [-0.39, 0.29) is 25.8 Å². The second-order valence-corrected chi connectivity index (χ2v) is 5.51. The Morgan fingerprint density at radius 3 is 2.25 bits per heavy atom. The lowest BCUT2D eigenvalue weighted by Crippen LogP contribution is -2.12. The minimum Gasteiger partial charge on any atom is -0.322 e. The maximum atomic E-state index is 13.3. The topological polar surface area (TPSA) is 29.1 Å². The molecule has 0 spiro atoms. The van der Waals surface area contributed by atoms with E-state index in [9.17, 15) is 13.6 Å². The van der Waals surface area contributed by atoms with E-state index in [1.54, 1.807) is 0 Å². The van der Waals surface area contributed by atoms with Crippen LogP contribution in [-0.4, -0.2) is 5.91 Å². The standard InChI is InChI=1S/C13H6BrCl2F2NO/c14-8-2-1-6(3-11(8)17)13(20)19-7-4-9(15)12(18)10(16)5-7/h1-5H,(H,19,20). The van der Waals surface area contributed by atoms with Crippen LogP contribution in [0.15, 0.2) is 34.8 Å². The van der Waals surface area contributed by atoms with E-state index in [0.717, 1.165) is 6.07 Å². The first-order valence-corrected chi connectivity index (χ1v) is 6.84. The molecule has 2 aromatic carbocycles. The Bertz CT molecular complexity index is 671. The second-order valence-electron chi connectivity index (χ2n) is 3.84. The molecule has 0 heterocycles. The molecular weight excluding hydrogens is 375 g/mol. The number of carbonyl (C=O) groups excluding carboxylic acids is 1. The minimum absolute atomic E-state index is 0.113. The summed E-state index contributed by atoms with van der Waals surface area (Å²) in [5, 5.41) is 2.03. The normalized spacial score (nSPS) is 10.4. The Balaban J connectivity index is 2.25. The monoisotopic (exact) mass is 379 g/mol. The summed E-state index contributed by atoms with van der Waals surface area (Å²) in [7, 11) is 0. The van der Waals surface area contributed by atoms with Gasteiger partial charge in [-0.25, -0.2) is 8.78 Å². The van der Waals surface area contributed by atoms with Crippen LogP contribution in [-0.2, 0) is 0 Å². The molecule has 0 aromatic heterocycles. The minimum atomic E-state index is -0.763. The van der Waals surface area contributed by atoms with Gasteiger partial charge >= 0.3 is 0 Å². The van der Waals surface area contributed by atoms with Gasteiger partial charge in [-0.2, -0.15) is 0 Å². The second kappa shape index (κ2) is 6.08. The largest absolute Gasteiger partial charge is 0.322 e. The lowest BCUT2D eigenvalue weighted by Gasteiger charge is -2.07. The molecule has 0 atom stereocenters. The number of nitrogens with one attached hydrogen (secondary N) is 1. The van der Waals surface area contributed by atoms with Crippen molar-refractivity contribution >= 4 is 50.7 Å². The number of anilines is 1. The van der Waals surface area contributed by atoms with Gasteiger partial charge in [-0.05, 0) is 46.3 Å². The molecule has 0 fully saturated rings. The molecule has 0 bridgehead atoms. The molecule has 2 rings (SSSR count).